The minimum Gasteiger partial charge on any atom is -0.481 e. The predicted octanol–water partition coefficient (Wildman–Crippen LogP) is -0.217. The van der Waals surface area contributed by atoms with Crippen molar-refractivity contribution in [3.8, 4) is 0 Å². The van der Waals surface area contributed by atoms with E-state index in [0.29, 0.717) is 13.0 Å². The van der Waals surface area contributed by atoms with Crippen molar-refractivity contribution in [2.75, 3.05) is 13.2 Å². The molecule has 0 bridgehead atoms. The average molecular weight is 274 g/mol. The summed E-state index contributed by atoms with van der Waals surface area (Å²) in [5, 5.41) is 21.8. The van der Waals surface area contributed by atoms with Crippen LogP contribution in [0.2, 0.25) is 0 Å². The first kappa shape index (κ1) is 15.2. The van der Waals surface area contributed by atoms with Crippen LogP contribution in [0.5, 0.6) is 0 Å². The van der Waals surface area contributed by atoms with Crippen molar-refractivity contribution >= 4 is 18.0 Å². The van der Waals surface area contributed by atoms with Crippen molar-refractivity contribution in [2.45, 2.75) is 37.8 Å². The highest BCUT2D eigenvalue weighted by Gasteiger charge is 2.23. The first-order valence-electron chi connectivity index (χ1n) is 6.09. The van der Waals surface area contributed by atoms with Crippen molar-refractivity contribution in [2.24, 2.45) is 0 Å². The molecule has 8 nitrogen and oxygen atoms in total. The fraction of sp³-hybridized carbons (Fsp3) is 0.727. The Morgan fingerprint density at radius 1 is 1.32 bits per heavy atom. The van der Waals surface area contributed by atoms with Gasteiger partial charge in [-0.2, -0.15) is 0 Å². The monoisotopic (exact) mass is 274 g/mol. The van der Waals surface area contributed by atoms with Crippen molar-refractivity contribution in [3.05, 3.63) is 0 Å². The van der Waals surface area contributed by atoms with E-state index in [4.69, 9.17) is 14.9 Å². The lowest BCUT2D eigenvalue weighted by Crippen LogP contribution is -2.47. The van der Waals surface area contributed by atoms with E-state index in [9.17, 15) is 14.4 Å². The molecule has 4 N–H and O–H groups in total. The van der Waals surface area contributed by atoms with Crippen LogP contribution in [0.25, 0.3) is 0 Å². The van der Waals surface area contributed by atoms with Gasteiger partial charge in [0, 0.05) is 13.2 Å². The molecule has 0 saturated carbocycles. The molecule has 1 fully saturated rings. The summed E-state index contributed by atoms with van der Waals surface area (Å²) < 4.78 is 5.36. The van der Waals surface area contributed by atoms with Crippen LogP contribution in [-0.4, -0.2) is 53.5 Å². The molecule has 1 saturated heterocycles. The van der Waals surface area contributed by atoms with Crippen molar-refractivity contribution < 1.29 is 29.3 Å². The predicted molar refractivity (Wildman–Crippen MR) is 63.8 cm³/mol. The topological polar surface area (TPSA) is 125 Å². The van der Waals surface area contributed by atoms with E-state index in [1.165, 1.54) is 0 Å². The summed E-state index contributed by atoms with van der Waals surface area (Å²) in [6, 6.07) is -2.12. The molecule has 0 spiro atoms. The Labute approximate surface area is 110 Å². The number of rotatable bonds is 7. The third-order valence-electron chi connectivity index (χ3n) is 2.76. The molecular weight excluding hydrogens is 256 g/mol. The Bertz CT molecular complexity index is 340. The maximum Gasteiger partial charge on any atom is 0.326 e. The summed E-state index contributed by atoms with van der Waals surface area (Å²) in [4.78, 5) is 32.6. The summed E-state index contributed by atoms with van der Waals surface area (Å²) in [7, 11) is 0. The zero-order valence-corrected chi connectivity index (χ0v) is 10.4. The van der Waals surface area contributed by atoms with Crippen LogP contribution >= 0.6 is 0 Å². The number of amides is 2. The third kappa shape index (κ3) is 6.05. The average Bonchev–Trinajstić information content (AvgIpc) is 2.80. The summed E-state index contributed by atoms with van der Waals surface area (Å²) in [6.45, 7) is 1.09. The second-order valence-electron chi connectivity index (χ2n) is 4.31. The van der Waals surface area contributed by atoms with Gasteiger partial charge in [-0.05, 0) is 19.3 Å². The van der Waals surface area contributed by atoms with Crippen LogP contribution in [0, 0.1) is 0 Å². The molecule has 1 aliphatic rings. The van der Waals surface area contributed by atoms with Gasteiger partial charge >= 0.3 is 18.0 Å². The van der Waals surface area contributed by atoms with Crippen LogP contribution in [0.15, 0.2) is 0 Å². The minimum absolute atomic E-state index is 0.134. The van der Waals surface area contributed by atoms with Crippen LogP contribution in [0.1, 0.15) is 25.7 Å². The van der Waals surface area contributed by atoms with E-state index in [-0.39, 0.29) is 6.10 Å². The molecule has 108 valence electrons. The summed E-state index contributed by atoms with van der Waals surface area (Å²) >= 11 is 0. The van der Waals surface area contributed by atoms with Gasteiger partial charge in [-0.15, -0.1) is 0 Å². The molecule has 1 aliphatic heterocycles. The second-order valence-corrected chi connectivity index (χ2v) is 4.31. The zero-order valence-electron chi connectivity index (χ0n) is 10.4. The molecule has 0 aromatic carbocycles. The number of nitrogens with one attached hydrogen (secondary N) is 2. The number of aliphatic carboxylic acids is 2. The second kappa shape index (κ2) is 7.57. The number of ether oxygens (including phenoxy) is 1. The molecule has 2 amide bonds. The van der Waals surface area contributed by atoms with Crippen LogP contribution in [0.3, 0.4) is 0 Å². The number of urea groups is 1. The molecule has 1 rings (SSSR count). The van der Waals surface area contributed by atoms with Crippen LogP contribution < -0.4 is 10.6 Å². The van der Waals surface area contributed by atoms with Gasteiger partial charge in [0.05, 0.1) is 12.5 Å². The molecular formula is C11H18N2O6. The summed E-state index contributed by atoms with van der Waals surface area (Å²) in [6.07, 6.45) is 2.10. The molecule has 2 unspecified atom stereocenters. The zero-order chi connectivity index (χ0) is 14.3. The van der Waals surface area contributed by atoms with Gasteiger partial charge in [0.2, 0.25) is 0 Å². The molecule has 19 heavy (non-hydrogen) atoms. The van der Waals surface area contributed by atoms with E-state index in [2.05, 4.69) is 10.6 Å². The highest BCUT2D eigenvalue weighted by atomic mass is 16.5. The Hall–Kier alpha value is -1.83. The molecule has 0 aromatic rings. The molecule has 0 aliphatic carbocycles. The lowest BCUT2D eigenvalue weighted by Gasteiger charge is -2.14. The first-order valence-corrected chi connectivity index (χ1v) is 6.09. The van der Waals surface area contributed by atoms with Crippen molar-refractivity contribution in [1.29, 1.82) is 0 Å². The molecule has 0 aromatic heterocycles. The van der Waals surface area contributed by atoms with E-state index < -0.39 is 30.4 Å². The molecule has 1 heterocycles. The Kier molecular flexibility index (Phi) is 6.07. The number of hydrogen-bond donors (Lipinski definition) is 4. The maximum absolute atomic E-state index is 11.4. The summed E-state index contributed by atoms with van der Waals surface area (Å²) in [5.74, 6) is -2.66. The SMILES string of the molecule is O=C(O)CC(NC(=O)NCCC1CCCO1)C(=O)O. The standard InChI is InChI=1S/C11H18N2O6/c14-9(15)6-8(10(16)17)13-11(18)12-4-3-7-2-1-5-19-7/h7-8H,1-6H2,(H,14,15)(H,16,17)(H2,12,13,18). The number of carboxylic acid groups (broad SMARTS) is 2. The van der Waals surface area contributed by atoms with Crippen LogP contribution in [0.4, 0.5) is 4.79 Å². The summed E-state index contributed by atoms with van der Waals surface area (Å²) in [5.41, 5.74) is 0. The van der Waals surface area contributed by atoms with Gasteiger partial charge in [0.1, 0.15) is 6.04 Å². The number of hydrogen-bond acceptors (Lipinski definition) is 4. The quantitative estimate of drug-likeness (QED) is 0.508. The number of carboxylic acids is 2. The maximum atomic E-state index is 11.4. The van der Waals surface area contributed by atoms with E-state index in [1.807, 2.05) is 0 Å². The first-order chi connectivity index (χ1) is 8.99. The molecule has 8 heteroatoms. The van der Waals surface area contributed by atoms with Gasteiger partial charge in [-0.3, -0.25) is 4.79 Å². The lowest BCUT2D eigenvalue weighted by atomic mass is 10.2. The van der Waals surface area contributed by atoms with Crippen molar-refractivity contribution in [1.82, 2.24) is 10.6 Å². The normalized spacial score (nSPS) is 19.7. The fourth-order valence-corrected chi connectivity index (χ4v) is 1.80. The van der Waals surface area contributed by atoms with Crippen LogP contribution in [-0.2, 0) is 14.3 Å². The van der Waals surface area contributed by atoms with Gasteiger partial charge in [-0.1, -0.05) is 0 Å². The Balaban J connectivity index is 2.23. The van der Waals surface area contributed by atoms with Crippen molar-refractivity contribution in [3.63, 3.8) is 0 Å². The smallest absolute Gasteiger partial charge is 0.326 e. The van der Waals surface area contributed by atoms with E-state index in [1.54, 1.807) is 0 Å². The Morgan fingerprint density at radius 2 is 2.05 bits per heavy atom. The van der Waals surface area contributed by atoms with Gasteiger partial charge in [0.15, 0.2) is 0 Å². The molecule has 2 atom stereocenters. The number of carbonyl (C=O) groups excluding carboxylic acids is 1. The van der Waals surface area contributed by atoms with Gasteiger partial charge in [-0.25, -0.2) is 9.59 Å². The largest absolute Gasteiger partial charge is 0.481 e. The molecule has 0 radical (unpaired) electrons. The lowest BCUT2D eigenvalue weighted by molar-refractivity contribution is -0.145. The highest BCUT2D eigenvalue weighted by molar-refractivity contribution is 5.86. The third-order valence-corrected chi connectivity index (χ3v) is 2.76. The Morgan fingerprint density at radius 3 is 2.58 bits per heavy atom. The van der Waals surface area contributed by atoms with E-state index in [0.717, 1.165) is 19.4 Å². The van der Waals surface area contributed by atoms with Gasteiger partial charge < -0.3 is 25.6 Å². The fourth-order valence-electron chi connectivity index (χ4n) is 1.80. The number of carbonyl (C=O) groups is 3. The van der Waals surface area contributed by atoms with E-state index >= 15 is 0 Å². The minimum atomic E-state index is -1.43. The highest BCUT2D eigenvalue weighted by Crippen LogP contribution is 2.14. The van der Waals surface area contributed by atoms with Gasteiger partial charge in [0.25, 0.3) is 0 Å².